The van der Waals surface area contributed by atoms with Crippen LogP contribution in [0.3, 0.4) is 0 Å². The van der Waals surface area contributed by atoms with Crippen molar-refractivity contribution in [2.45, 2.75) is 45.7 Å². The quantitative estimate of drug-likeness (QED) is 0.777. The fourth-order valence-corrected chi connectivity index (χ4v) is 1.49. The van der Waals surface area contributed by atoms with Gasteiger partial charge in [-0.05, 0) is 25.8 Å². The summed E-state index contributed by atoms with van der Waals surface area (Å²) in [6.45, 7) is 5.74. The molecular formula is C11H19N3O2. The maximum absolute atomic E-state index is 10.9. The van der Waals surface area contributed by atoms with E-state index >= 15 is 0 Å². The summed E-state index contributed by atoms with van der Waals surface area (Å²) in [5, 5.41) is 13.3. The Labute approximate surface area is 95.3 Å². The normalized spacial score (nSPS) is 14.8. The molecule has 1 aromatic heterocycles. The number of aryl methyl sites for hydroxylation is 2. The van der Waals surface area contributed by atoms with Gasteiger partial charge in [0.1, 0.15) is 5.54 Å². The molecule has 0 aliphatic rings. The van der Waals surface area contributed by atoms with Crippen LogP contribution in [-0.2, 0) is 24.2 Å². The lowest BCUT2D eigenvalue weighted by molar-refractivity contribution is -0.143. The molecule has 1 unspecified atom stereocenters. The van der Waals surface area contributed by atoms with Crippen LogP contribution >= 0.6 is 0 Å². The van der Waals surface area contributed by atoms with Crippen LogP contribution in [0.25, 0.3) is 0 Å². The Bertz CT molecular complexity index is 383. The van der Waals surface area contributed by atoms with Crippen LogP contribution in [0.15, 0.2) is 6.07 Å². The average Bonchev–Trinajstić information content (AvgIpc) is 2.59. The minimum Gasteiger partial charge on any atom is -0.480 e. The van der Waals surface area contributed by atoms with E-state index in [2.05, 4.69) is 5.10 Å². The fraction of sp³-hybridized carbons (Fsp3) is 0.636. The average molecular weight is 225 g/mol. The van der Waals surface area contributed by atoms with Gasteiger partial charge < -0.3 is 10.8 Å². The van der Waals surface area contributed by atoms with E-state index in [9.17, 15) is 4.79 Å². The van der Waals surface area contributed by atoms with Crippen LogP contribution in [0, 0.1) is 0 Å². The summed E-state index contributed by atoms with van der Waals surface area (Å²) >= 11 is 0. The molecule has 5 heteroatoms. The third kappa shape index (κ3) is 2.61. The van der Waals surface area contributed by atoms with Gasteiger partial charge in [0.15, 0.2) is 0 Å². The van der Waals surface area contributed by atoms with Crippen molar-refractivity contribution in [1.82, 2.24) is 9.78 Å². The predicted octanol–water partition coefficient (Wildman–Crippen LogP) is 0.810. The van der Waals surface area contributed by atoms with Crippen molar-refractivity contribution >= 4 is 5.97 Å². The molecule has 1 heterocycles. The third-order valence-electron chi connectivity index (χ3n) is 2.61. The highest BCUT2D eigenvalue weighted by Gasteiger charge is 2.29. The minimum absolute atomic E-state index is 0.200. The zero-order chi connectivity index (χ0) is 12.3. The van der Waals surface area contributed by atoms with Crippen molar-refractivity contribution in [3.63, 3.8) is 0 Å². The number of nitrogens with two attached hydrogens (primary N) is 1. The first-order chi connectivity index (χ1) is 7.40. The maximum atomic E-state index is 10.9. The van der Waals surface area contributed by atoms with Gasteiger partial charge in [0.05, 0.1) is 12.2 Å². The van der Waals surface area contributed by atoms with E-state index in [-0.39, 0.29) is 6.54 Å². The van der Waals surface area contributed by atoms with Gasteiger partial charge >= 0.3 is 5.97 Å². The van der Waals surface area contributed by atoms with E-state index in [1.165, 1.54) is 6.92 Å². The van der Waals surface area contributed by atoms with Gasteiger partial charge in [0.25, 0.3) is 0 Å². The van der Waals surface area contributed by atoms with Gasteiger partial charge in [-0.25, -0.2) is 0 Å². The van der Waals surface area contributed by atoms with Crippen molar-refractivity contribution in [2.24, 2.45) is 5.73 Å². The van der Waals surface area contributed by atoms with Crippen LogP contribution in [0.4, 0.5) is 0 Å². The van der Waals surface area contributed by atoms with Gasteiger partial charge in [-0.1, -0.05) is 13.8 Å². The minimum atomic E-state index is -1.28. The first kappa shape index (κ1) is 12.7. The molecule has 0 saturated carbocycles. The van der Waals surface area contributed by atoms with E-state index in [1.54, 1.807) is 4.68 Å². The van der Waals surface area contributed by atoms with Crippen LogP contribution in [0.2, 0.25) is 0 Å². The Kier molecular flexibility index (Phi) is 3.70. The molecule has 0 aliphatic carbocycles. The Hall–Kier alpha value is -1.36. The van der Waals surface area contributed by atoms with Crippen LogP contribution in [0.5, 0.6) is 0 Å². The lowest BCUT2D eigenvalue weighted by atomic mass is 10.1. The van der Waals surface area contributed by atoms with Gasteiger partial charge in [-0.2, -0.15) is 5.10 Å². The lowest BCUT2D eigenvalue weighted by Crippen LogP contribution is -2.48. The van der Waals surface area contributed by atoms with Gasteiger partial charge in [-0.3, -0.25) is 9.48 Å². The summed E-state index contributed by atoms with van der Waals surface area (Å²) < 4.78 is 1.70. The summed E-state index contributed by atoms with van der Waals surface area (Å²) in [6, 6.07) is 2.00. The molecule has 3 N–H and O–H groups in total. The monoisotopic (exact) mass is 225 g/mol. The maximum Gasteiger partial charge on any atom is 0.325 e. The molecular weight excluding hydrogens is 206 g/mol. The van der Waals surface area contributed by atoms with Gasteiger partial charge in [-0.15, -0.1) is 0 Å². The van der Waals surface area contributed by atoms with Crippen molar-refractivity contribution in [1.29, 1.82) is 0 Å². The first-order valence-corrected chi connectivity index (χ1v) is 5.48. The molecule has 16 heavy (non-hydrogen) atoms. The fourth-order valence-electron chi connectivity index (χ4n) is 1.49. The van der Waals surface area contributed by atoms with Crippen LogP contribution in [0.1, 0.15) is 32.2 Å². The molecule has 0 saturated heterocycles. The van der Waals surface area contributed by atoms with Crippen molar-refractivity contribution < 1.29 is 9.90 Å². The van der Waals surface area contributed by atoms with Crippen molar-refractivity contribution in [3.05, 3.63) is 17.5 Å². The van der Waals surface area contributed by atoms with Crippen LogP contribution < -0.4 is 5.73 Å². The number of hydrogen-bond donors (Lipinski definition) is 2. The number of aliphatic carboxylic acids is 1. The molecule has 0 spiro atoms. The van der Waals surface area contributed by atoms with E-state index in [0.717, 1.165) is 24.2 Å². The third-order valence-corrected chi connectivity index (χ3v) is 2.61. The molecule has 0 aromatic carbocycles. The Balaban J connectivity index is 2.95. The lowest BCUT2D eigenvalue weighted by Gasteiger charge is -2.20. The topological polar surface area (TPSA) is 81.1 Å². The molecule has 0 amide bonds. The number of carboxylic acid groups (broad SMARTS) is 1. The largest absolute Gasteiger partial charge is 0.480 e. The van der Waals surface area contributed by atoms with E-state index < -0.39 is 11.5 Å². The number of carboxylic acids is 1. The molecule has 1 rings (SSSR count). The molecule has 1 aromatic rings. The molecule has 5 nitrogen and oxygen atoms in total. The Morgan fingerprint density at radius 1 is 1.56 bits per heavy atom. The Morgan fingerprint density at radius 3 is 2.62 bits per heavy atom. The number of carbonyl (C=O) groups is 1. The standard InChI is InChI=1S/C11H19N3O2/c1-4-8-6-9(5-2)14(13-8)7-11(3,12)10(15)16/h6H,4-5,7,12H2,1-3H3,(H,15,16). The molecule has 1 atom stereocenters. The van der Waals surface area contributed by atoms with E-state index in [4.69, 9.17) is 10.8 Å². The van der Waals surface area contributed by atoms with Crippen molar-refractivity contribution in [2.75, 3.05) is 0 Å². The summed E-state index contributed by atoms with van der Waals surface area (Å²) in [6.07, 6.45) is 1.66. The highest BCUT2D eigenvalue weighted by atomic mass is 16.4. The highest BCUT2D eigenvalue weighted by molar-refractivity contribution is 5.77. The molecule has 0 bridgehead atoms. The smallest absolute Gasteiger partial charge is 0.325 e. The van der Waals surface area contributed by atoms with Crippen molar-refractivity contribution in [3.8, 4) is 0 Å². The number of nitrogens with zero attached hydrogens (tertiary/aromatic N) is 2. The summed E-state index contributed by atoms with van der Waals surface area (Å²) in [5.74, 6) is -1.01. The zero-order valence-corrected chi connectivity index (χ0v) is 10.0. The van der Waals surface area contributed by atoms with E-state index in [1.807, 2.05) is 19.9 Å². The first-order valence-electron chi connectivity index (χ1n) is 5.48. The number of hydrogen-bond acceptors (Lipinski definition) is 3. The van der Waals surface area contributed by atoms with Gasteiger partial charge in [0, 0.05) is 5.69 Å². The second-order valence-electron chi connectivity index (χ2n) is 4.21. The van der Waals surface area contributed by atoms with Gasteiger partial charge in [0.2, 0.25) is 0 Å². The summed E-state index contributed by atoms with van der Waals surface area (Å²) in [4.78, 5) is 10.9. The second-order valence-corrected chi connectivity index (χ2v) is 4.21. The van der Waals surface area contributed by atoms with E-state index in [0.29, 0.717) is 0 Å². The summed E-state index contributed by atoms with van der Waals surface area (Å²) in [5.41, 5.74) is 6.42. The summed E-state index contributed by atoms with van der Waals surface area (Å²) in [7, 11) is 0. The second kappa shape index (κ2) is 4.65. The highest BCUT2D eigenvalue weighted by Crippen LogP contribution is 2.11. The molecule has 0 radical (unpaired) electrons. The van der Waals surface area contributed by atoms with Crippen LogP contribution in [-0.4, -0.2) is 26.4 Å². The Morgan fingerprint density at radius 2 is 2.19 bits per heavy atom. The molecule has 0 fully saturated rings. The predicted molar refractivity (Wildman–Crippen MR) is 61.2 cm³/mol. The zero-order valence-electron chi connectivity index (χ0n) is 10.0. The molecule has 90 valence electrons. The molecule has 0 aliphatic heterocycles. The SMILES string of the molecule is CCc1cc(CC)n(CC(C)(N)C(=O)O)n1. The number of aromatic nitrogens is 2. The number of rotatable bonds is 5.